The number of nitrogens with one attached hydrogen (secondary N) is 1. The molecule has 6 nitrogen and oxygen atoms in total. The fourth-order valence-corrected chi connectivity index (χ4v) is 3.13. The molecule has 1 heterocycles. The largest absolute Gasteiger partial charge is 0.494 e. The summed E-state index contributed by atoms with van der Waals surface area (Å²) >= 11 is 0. The lowest BCUT2D eigenvalue weighted by Gasteiger charge is -2.22. The Bertz CT molecular complexity index is 886. The summed E-state index contributed by atoms with van der Waals surface area (Å²) in [5.41, 5.74) is 3.68. The van der Waals surface area contributed by atoms with Crippen LogP contribution >= 0.6 is 0 Å². The molecule has 2 aromatic carbocycles. The first kappa shape index (κ1) is 20.5. The van der Waals surface area contributed by atoms with Gasteiger partial charge in [0.25, 0.3) is 0 Å². The average Bonchev–Trinajstić information content (AvgIpc) is 3.24. The minimum atomic E-state index is 0.681. The Hall–Kier alpha value is -3.28. The molecule has 0 saturated carbocycles. The van der Waals surface area contributed by atoms with Gasteiger partial charge in [-0.15, -0.1) is 0 Å². The molecule has 3 rings (SSSR count). The summed E-state index contributed by atoms with van der Waals surface area (Å²) in [7, 11) is 3.85. The molecule has 1 aromatic heterocycles. The van der Waals surface area contributed by atoms with E-state index in [1.807, 2.05) is 45.7 Å². The predicted molar refractivity (Wildman–Crippen MR) is 117 cm³/mol. The first-order valence-electron chi connectivity index (χ1n) is 9.85. The third kappa shape index (κ3) is 6.10. The van der Waals surface area contributed by atoms with Crippen molar-refractivity contribution in [3.05, 3.63) is 83.9 Å². The second kappa shape index (κ2) is 10.3. The monoisotopic (exact) mass is 391 g/mol. The van der Waals surface area contributed by atoms with Gasteiger partial charge in [0.2, 0.25) is 0 Å². The van der Waals surface area contributed by atoms with Crippen molar-refractivity contribution in [1.29, 1.82) is 0 Å². The third-order valence-corrected chi connectivity index (χ3v) is 4.63. The topological polar surface area (TPSA) is 54.7 Å². The minimum absolute atomic E-state index is 0.681. The molecule has 0 unspecified atom stereocenters. The third-order valence-electron chi connectivity index (χ3n) is 4.63. The van der Waals surface area contributed by atoms with E-state index in [1.165, 1.54) is 16.7 Å². The lowest BCUT2D eigenvalue weighted by atomic mass is 10.1. The van der Waals surface area contributed by atoms with Crippen LogP contribution < -0.4 is 10.1 Å². The summed E-state index contributed by atoms with van der Waals surface area (Å²) in [4.78, 5) is 10.6. The molecule has 0 spiro atoms. The van der Waals surface area contributed by atoms with Crippen molar-refractivity contribution in [1.82, 2.24) is 19.8 Å². The number of ether oxygens (including phenoxy) is 1. The SMILES string of the molecule is CCOc1ccc(CN(C)C(=NC)NCc2ccc(Cn3ccnc3)cc2)cc1. The van der Waals surface area contributed by atoms with Gasteiger partial charge < -0.3 is 19.5 Å². The summed E-state index contributed by atoms with van der Waals surface area (Å²) < 4.78 is 7.57. The van der Waals surface area contributed by atoms with Gasteiger partial charge >= 0.3 is 0 Å². The summed E-state index contributed by atoms with van der Waals surface area (Å²) in [6.07, 6.45) is 5.60. The number of hydrogen-bond donors (Lipinski definition) is 1. The lowest BCUT2D eigenvalue weighted by Crippen LogP contribution is -2.38. The summed E-state index contributed by atoms with van der Waals surface area (Å²) in [5, 5.41) is 3.44. The van der Waals surface area contributed by atoms with Gasteiger partial charge in [-0.25, -0.2) is 4.98 Å². The zero-order valence-electron chi connectivity index (χ0n) is 17.4. The molecule has 0 aliphatic carbocycles. The van der Waals surface area contributed by atoms with Crippen LogP contribution in [0.15, 0.2) is 72.2 Å². The van der Waals surface area contributed by atoms with Crippen LogP contribution in [0.1, 0.15) is 23.6 Å². The minimum Gasteiger partial charge on any atom is -0.494 e. The van der Waals surface area contributed by atoms with E-state index in [9.17, 15) is 0 Å². The van der Waals surface area contributed by atoms with Crippen molar-refractivity contribution >= 4 is 5.96 Å². The Balaban J connectivity index is 1.51. The molecule has 0 radical (unpaired) electrons. The number of imidazole rings is 1. The van der Waals surface area contributed by atoms with Crippen molar-refractivity contribution < 1.29 is 4.74 Å². The van der Waals surface area contributed by atoms with E-state index in [2.05, 4.69) is 61.2 Å². The number of guanidine groups is 1. The number of benzene rings is 2. The summed E-state index contributed by atoms with van der Waals surface area (Å²) in [5.74, 6) is 1.76. The van der Waals surface area contributed by atoms with Gasteiger partial charge in [-0.1, -0.05) is 36.4 Å². The first-order valence-corrected chi connectivity index (χ1v) is 9.85. The molecule has 29 heavy (non-hydrogen) atoms. The highest BCUT2D eigenvalue weighted by Gasteiger charge is 2.07. The quantitative estimate of drug-likeness (QED) is 0.471. The van der Waals surface area contributed by atoms with Gasteiger partial charge in [0.05, 0.1) is 12.9 Å². The fourth-order valence-electron chi connectivity index (χ4n) is 3.13. The molecule has 0 saturated heterocycles. The summed E-state index contributed by atoms with van der Waals surface area (Å²) in [6, 6.07) is 16.8. The summed E-state index contributed by atoms with van der Waals surface area (Å²) in [6.45, 7) is 5.01. The number of aromatic nitrogens is 2. The maximum absolute atomic E-state index is 5.51. The maximum Gasteiger partial charge on any atom is 0.193 e. The molecule has 1 N–H and O–H groups in total. The van der Waals surface area contributed by atoms with Crippen molar-refractivity contribution in [2.24, 2.45) is 4.99 Å². The number of hydrogen-bond acceptors (Lipinski definition) is 3. The van der Waals surface area contributed by atoms with Gasteiger partial charge in [0.1, 0.15) is 5.75 Å². The predicted octanol–water partition coefficient (Wildman–Crippen LogP) is 3.54. The molecule has 0 aliphatic heterocycles. The lowest BCUT2D eigenvalue weighted by molar-refractivity contribution is 0.340. The normalized spacial score (nSPS) is 11.3. The van der Waals surface area contributed by atoms with Crippen molar-refractivity contribution in [2.75, 3.05) is 20.7 Å². The second-order valence-electron chi connectivity index (χ2n) is 6.89. The van der Waals surface area contributed by atoms with E-state index in [-0.39, 0.29) is 0 Å². The second-order valence-corrected chi connectivity index (χ2v) is 6.89. The van der Waals surface area contributed by atoms with Crippen molar-refractivity contribution in [2.45, 2.75) is 26.6 Å². The molecule has 0 atom stereocenters. The average molecular weight is 392 g/mol. The van der Waals surface area contributed by atoms with Gasteiger partial charge in [-0.2, -0.15) is 0 Å². The van der Waals surface area contributed by atoms with E-state index in [0.29, 0.717) is 6.61 Å². The fraction of sp³-hybridized carbons (Fsp3) is 0.304. The van der Waals surface area contributed by atoms with E-state index in [0.717, 1.165) is 31.3 Å². The van der Waals surface area contributed by atoms with Gasteiger partial charge in [-0.05, 0) is 35.7 Å². The zero-order chi connectivity index (χ0) is 20.5. The van der Waals surface area contributed by atoms with E-state index in [1.54, 1.807) is 6.20 Å². The number of aliphatic imine (C=N–C) groups is 1. The van der Waals surface area contributed by atoms with E-state index < -0.39 is 0 Å². The Morgan fingerprint density at radius 2 is 1.76 bits per heavy atom. The molecule has 3 aromatic rings. The highest BCUT2D eigenvalue weighted by molar-refractivity contribution is 5.79. The molecular weight excluding hydrogens is 362 g/mol. The van der Waals surface area contributed by atoms with Gasteiger partial charge in [-0.3, -0.25) is 4.99 Å². The van der Waals surface area contributed by atoms with Crippen LogP contribution in [0.3, 0.4) is 0 Å². The van der Waals surface area contributed by atoms with Crippen LogP contribution in [0.25, 0.3) is 0 Å². The molecular formula is C23H29N5O. The highest BCUT2D eigenvalue weighted by atomic mass is 16.5. The molecule has 0 amide bonds. The van der Waals surface area contributed by atoms with Gasteiger partial charge in [0.15, 0.2) is 5.96 Å². The highest BCUT2D eigenvalue weighted by Crippen LogP contribution is 2.13. The Labute approximate surface area is 172 Å². The first-order chi connectivity index (χ1) is 14.2. The van der Waals surface area contributed by atoms with Gasteiger partial charge in [0, 0.05) is 46.1 Å². The maximum atomic E-state index is 5.51. The standard InChI is InChI=1S/C23H29N5O/c1-4-29-22-11-9-20(10-12-22)16-27(3)23(24-2)26-15-19-5-7-21(8-6-19)17-28-14-13-25-18-28/h5-14,18H,4,15-17H2,1-3H3,(H,24,26). The number of rotatable bonds is 8. The molecule has 152 valence electrons. The molecule has 0 bridgehead atoms. The Morgan fingerprint density at radius 1 is 1.07 bits per heavy atom. The van der Waals surface area contributed by atoms with Crippen molar-refractivity contribution in [3.8, 4) is 5.75 Å². The van der Waals surface area contributed by atoms with Crippen LogP contribution in [0.5, 0.6) is 5.75 Å². The smallest absolute Gasteiger partial charge is 0.193 e. The van der Waals surface area contributed by atoms with E-state index >= 15 is 0 Å². The van der Waals surface area contributed by atoms with Crippen LogP contribution in [-0.4, -0.2) is 41.1 Å². The Kier molecular flexibility index (Phi) is 7.28. The molecule has 6 heteroatoms. The number of nitrogens with zero attached hydrogens (tertiary/aromatic N) is 4. The van der Waals surface area contributed by atoms with E-state index in [4.69, 9.17) is 4.74 Å². The van der Waals surface area contributed by atoms with Crippen LogP contribution in [0.2, 0.25) is 0 Å². The van der Waals surface area contributed by atoms with Crippen LogP contribution in [0, 0.1) is 0 Å². The Morgan fingerprint density at radius 3 is 2.38 bits per heavy atom. The molecule has 0 fully saturated rings. The van der Waals surface area contributed by atoms with Crippen LogP contribution in [-0.2, 0) is 19.6 Å². The van der Waals surface area contributed by atoms with Crippen LogP contribution in [0.4, 0.5) is 0 Å². The zero-order valence-corrected chi connectivity index (χ0v) is 17.4. The molecule has 0 aliphatic rings. The van der Waals surface area contributed by atoms with Crippen molar-refractivity contribution in [3.63, 3.8) is 0 Å².